The zero-order chi connectivity index (χ0) is 17.9. The lowest BCUT2D eigenvalue weighted by atomic mass is 10.1. The molecule has 0 radical (unpaired) electrons. The Labute approximate surface area is 146 Å². The summed E-state index contributed by atoms with van der Waals surface area (Å²) in [4.78, 5) is 11.7. The van der Waals surface area contributed by atoms with Gasteiger partial charge in [0.15, 0.2) is 11.6 Å². The number of amides is 1. The van der Waals surface area contributed by atoms with Crippen LogP contribution in [0, 0.1) is 23.5 Å². The second-order valence-corrected chi connectivity index (χ2v) is 5.33. The van der Waals surface area contributed by atoms with E-state index in [2.05, 4.69) is 17.2 Å². The normalized spacial score (nSPS) is 9.84. The van der Waals surface area contributed by atoms with E-state index in [1.165, 1.54) is 11.6 Å². The number of hydrogen-bond acceptors (Lipinski definition) is 2. The highest BCUT2D eigenvalue weighted by atomic mass is 19.1. The van der Waals surface area contributed by atoms with E-state index in [0.29, 0.717) is 6.42 Å². The Morgan fingerprint density at radius 3 is 2.64 bits per heavy atom. The third-order valence-electron chi connectivity index (χ3n) is 3.40. The largest absolute Gasteiger partial charge is 0.478 e. The minimum Gasteiger partial charge on any atom is -0.478 e. The van der Waals surface area contributed by atoms with Crippen molar-refractivity contribution < 1.29 is 18.3 Å². The maximum absolute atomic E-state index is 13.3. The van der Waals surface area contributed by atoms with Gasteiger partial charge in [-0.05, 0) is 30.5 Å². The molecule has 2 aromatic carbocycles. The Hall–Kier alpha value is -2.87. The predicted octanol–water partition coefficient (Wildman–Crippen LogP) is 3.49. The fourth-order valence-corrected chi connectivity index (χ4v) is 2.15. The average Bonchev–Trinajstić information content (AvgIpc) is 2.60. The van der Waals surface area contributed by atoms with Gasteiger partial charge in [0.1, 0.15) is 12.4 Å². The second kappa shape index (κ2) is 10.1. The fraction of sp³-hybridized carbons (Fsp3) is 0.250. The van der Waals surface area contributed by atoms with E-state index in [-0.39, 0.29) is 24.8 Å². The van der Waals surface area contributed by atoms with Gasteiger partial charge >= 0.3 is 0 Å². The second-order valence-electron chi connectivity index (χ2n) is 5.33. The summed E-state index contributed by atoms with van der Waals surface area (Å²) in [5.74, 6) is 3.84. The molecule has 0 aliphatic carbocycles. The van der Waals surface area contributed by atoms with E-state index in [0.717, 1.165) is 25.0 Å². The Morgan fingerprint density at radius 1 is 1.08 bits per heavy atom. The van der Waals surface area contributed by atoms with E-state index in [1.807, 2.05) is 30.3 Å². The van der Waals surface area contributed by atoms with Crippen LogP contribution in [0.25, 0.3) is 0 Å². The molecule has 2 rings (SSSR count). The summed E-state index contributed by atoms with van der Waals surface area (Å²) in [7, 11) is 0. The van der Waals surface area contributed by atoms with Crippen molar-refractivity contribution in [1.29, 1.82) is 0 Å². The molecule has 0 aliphatic rings. The molecule has 0 atom stereocenters. The molecule has 0 saturated heterocycles. The summed E-state index contributed by atoms with van der Waals surface area (Å²) in [6, 6.07) is 13.1. The highest BCUT2D eigenvalue weighted by molar-refractivity contribution is 5.76. The SMILES string of the molecule is O=C(CCCc1ccccc1)NCC#CCOc1ccc(F)cc1F. The molecule has 0 aliphatic heterocycles. The molecule has 0 heterocycles. The van der Waals surface area contributed by atoms with Crippen LogP contribution in [0.15, 0.2) is 48.5 Å². The number of aryl methyl sites for hydroxylation is 1. The molecule has 0 aromatic heterocycles. The van der Waals surface area contributed by atoms with Crippen LogP contribution in [-0.4, -0.2) is 19.1 Å². The number of ether oxygens (including phenoxy) is 1. The first kappa shape index (κ1) is 18.5. The number of rotatable bonds is 7. The van der Waals surface area contributed by atoms with E-state index in [9.17, 15) is 13.6 Å². The maximum atomic E-state index is 13.3. The molecule has 1 N–H and O–H groups in total. The van der Waals surface area contributed by atoms with Crippen molar-refractivity contribution >= 4 is 5.91 Å². The van der Waals surface area contributed by atoms with E-state index < -0.39 is 11.6 Å². The van der Waals surface area contributed by atoms with Crippen molar-refractivity contribution in [3.8, 4) is 17.6 Å². The van der Waals surface area contributed by atoms with Crippen LogP contribution in [-0.2, 0) is 11.2 Å². The summed E-state index contributed by atoms with van der Waals surface area (Å²) >= 11 is 0. The minimum atomic E-state index is -0.770. The van der Waals surface area contributed by atoms with Crippen molar-refractivity contribution in [2.45, 2.75) is 19.3 Å². The molecule has 0 unspecified atom stereocenters. The number of carbonyl (C=O) groups excluding carboxylic acids is 1. The summed E-state index contributed by atoms with van der Waals surface area (Å²) in [5.41, 5.74) is 1.21. The van der Waals surface area contributed by atoms with Gasteiger partial charge in [0.05, 0.1) is 6.54 Å². The molecule has 0 saturated carbocycles. The number of nitrogens with one attached hydrogen (secondary N) is 1. The van der Waals surface area contributed by atoms with Crippen LogP contribution in [0.1, 0.15) is 18.4 Å². The molecule has 5 heteroatoms. The van der Waals surface area contributed by atoms with Gasteiger partial charge in [-0.15, -0.1) is 0 Å². The lowest BCUT2D eigenvalue weighted by Gasteiger charge is -2.03. The molecular weight excluding hydrogens is 324 g/mol. The van der Waals surface area contributed by atoms with Gasteiger partial charge < -0.3 is 10.1 Å². The Morgan fingerprint density at radius 2 is 1.88 bits per heavy atom. The highest BCUT2D eigenvalue weighted by Gasteiger charge is 2.03. The smallest absolute Gasteiger partial charge is 0.220 e. The first-order valence-electron chi connectivity index (χ1n) is 7.99. The van der Waals surface area contributed by atoms with E-state index in [1.54, 1.807) is 0 Å². The monoisotopic (exact) mass is 343 g/mol. The van der Waals surface area contributed by atoms with Gasteiger partial charge in [0, 0.05) is 12.5 Å². The molecule has 0 spiro atoms. The van der Waals surface area contributed by atoms with Crippen LogP contribution >= 0.6 is 0 Å². The van der Waals surface area contributed by atoms with Gasteiger partial charge in [-0.1, -0.05) is 42.2 Å². The first-order valence-corrected chi connectivity index (χ1v) is 7.99. The third kappa shape index (κ3) is 7.05. The van der Waals surface area contributed by atoms with Crippen LogP contribution in [0.5, 0.6) is 5.75 Å². The van der Waals surface area contributed by atoms with Crippen LogP contribution < -0.4 is 10.1 Å². The van der Waals surface area contributed by atoms with Crippen molar-refractivity contribution in [2.24, 2.45) is 0 Å². The van der Waals surface area contributed by atoms with Crippen molar-refractivity contribution in [2.75, 3.05) is 13.2 Å². The molecule has 0 fully saturated rings. The molecule has 130 valence electrons. The topological polar surface area (TPSA) is 38.3 Å². The van der Waals surface area contributed by atoms with Crippen molar-refractivity contribution in [3.63, 3.8) is 0 Å². The quantitative estimate of drug-likeness (QED) is 0.782. The Kier molecular flexibility index (Phi) is 7.45. The van der Waals surface area contributed by atoms with Crippen LogP contribution in [0.3, 0.4) is 0 Å². The number of halogens is 2. The van der Waals surface area contributed by atoms with Gasteiger partial charge in [0.2, 0.25) is 5.91 Å². The number of carbonyl (C=O) groups is 1. The molecular formula is C20H19F2NO2. The molecule has 25 heavy (non-hydrogen) atoms. The zero-order valence-electron chi connectivity index (χ0n) is 13.7. The van der Waals surface area contributed by atoms with Crippen LogP contribution in [0.2, 0.25) is 0 Å². The minimum absolute atomic E-state index is 0.0353. The van der Waals surface area contributed by atoms with Gasteiger partial charge in [0.25, 0.3) is 0 Å². The van der Waals surface area contributed by atoms with Crippen LogP contribution in [0.4, 0.5) is 8.78 Å². The van der Waals surface area contributed by atoms with Gasteiger partial charge in [-0.25, -0.2) is 8.78 Å². The number of benzene rings is 2. The van der Waals surface area contributed by atoms with E-state index in [4.69, 9.17) is 4.74 Å². The third-order valence-corrected chi connectivity index (χ3v) is 3.40. The lowest BCUT2D eigenvalue weighted by Crippen LogP contribution is -2.23. The Bertz CT molecular complexity index is 751. The lowest BCUT2D eigenvalue weighted by molar-refractivity contribution is -0.120. The first-order chi connectivity index (χ1) is 12.1. The molecule has 2 aromatic rings. The molecule has 3 nitrogen and oxygen atoms in total. The summed E-state index contributed by atoms with van der Waals surface area (Å²) < 4.78 is 31.1. The highest BCUT2D eigenvalue weighted by Crippen LogP contribution is 2.17. The zero-order valence-corrected chi connectivity index (χ0v) is 13.7. The summed E-state index contributed by atoms with van der Waals surface area (Å²) in [6.45, 7) is 0.172. The van der Waals surface area contributed by atoms with Gasteiger partial charge in [-0.3, -0.25) is 4.79 Å². The average molecular weight is 343 g/mol. The predicted molar refractivity (Wildman–Crippen MR) is 92.0 cm³/mol. The fourth-order valence-electron chi connectivity index (χ4n) is 2.15. The van der Waals surface area contributed by atoms with Crippen molar-refractivity contribution in [1.82, 2.24) is 5.32 Å². The molecule has 0 bridgehead atoms. The standard InChI is InChI=1S/C20H19F2NO2/c21-17-11-12-19(18(22)15-17)25-14-5-4-13-23-20(24)10-6-9-16-7-2-1-3-8-16/h1-3,7-8,11-12,15H,6,9-10,13-14H2,(H,23,24). The van der Waals surface area contributed by atoms with Crippen molar-refractivity contribution in [3.05, 3.63) is 65.7 Å². The summed E-state index contributed by atoms with van der Waals surface area (Å²) in [6.07, 6.45) is 2.07. The van der Waals surface area contributed by atoms with Gasteiger partial charge in [-0.2, -0.15) is 0 Å². The number of hydrogen-bond donors (Lipinski definition) is 1. The van der Waals surface area contributed by atoms with E-state index >= 15 is 0 Å². The molecule has 1 amide bonds. The maximum Gasteiger partial charge on any atom is 0.220 e. The Balaban J connectivity index is 1.59. The summed E-state index contributed by atoms with van der Waals surface area (Å²) in [5, 5.41) is 2.69.